The lowest BCUT2D eigenvalue weighted by molar-refractivity contribution is 0.0926. The van der Waals surface area contributed by atoms with Crippen LogP contribution in [-0.2, 0) is 6.54 Å². The highest BCUT2D eigenvalue weighted by molar-refractivity contribution is 14.0. The van der Waals surface area contributed by atoms with Crippen LogP contribution in [0.2, 0.25) is 0 Å². The molecule has 0 aliphatic heterocycles. The summed E-state index contributed by atoms with van der Waals surface area (Å²) in [5, 5.41) is 9.26. The summed E-state index contributed by atoms with van der Waals surface area (Å²) in [6.45, 7) is 8.73. The second-order valence-electron chi connectivity index (χ2n) is 7.23. The van der Waals surface area contributed by atoms with Crippen molar-refractivity contribution in [2.24, 2.45) is 10.9 Å². The van der Waals surface area contributed by atoms with Crippen LogP contribution in [-0.4, -0.2) is 38.6 Å². The second kappa shape index (κ2) is 13.9. The minimum absolute atomic E-state index is 0. The first-order valence-electron chi connectivity index (χ1n) is 9.98. The molecule has 0 aliphatic carbocycles. The van der Waals surface area contributed by atoms with E-state index >= 15 is 0 Å². The zero-order chi connectivity index (χ0) is 21.1. The van der Waals surface area contributed by atoms with Gasteiger partial charge >= 0.3 is 0 Å². The van der Waals surface area contributed by atoms with Crippen molar-refractivity contribution in [3.63, 3.8) is 0 Å². The molecule has 1 aromatic heterocycles. The molecule has 1 amide bonds. The van der Waals surface area contributed by atoms with Gasteiger partial charge in [-0.15, -0.1) is 24.0 Å². The summed E-state index contributed by atoms with van der Waals surface area (Å²) in [6, 6.07) is 9.53. The maximum atomic E-state index is 11.8. The number of halogens is 1. The Labute approximate surface area is 196 Å². The summed E-state index contributed by atoms with van der Waals surface area (Å²) in [6.07, 6.45) is 2.50. The molecule has 0 bridgehead atoms. The number of aliphatic imine (C=N–C) groups is 1. The summed E-state index contributed by atoms with van der Waals surface area (Å²) in [5.74, 6) is 2.24. The van der Waals surface area contributed by atoms with E-state index in [1.807, 2.05) is 0 Å². The third-order valence-corrected chi connectivity index (χ3v) is 4.29. The molecule has 1 aromatic carbocycles. The Kier molecular flexibility index (Phi) is 12.0. The molecule has 0 unspecified atom stereocenters. The summed E-state index contributed by atoms with van der Waals surface area (Å²) in [7, 11) is 1.71. The Morgan fingerprint density at radius 3 is 2.60 bits per heavy atom. The molecule has 0 spiro atoms. The van der Waals surface area contributed by atoms with Crippen LogP contribution in [0, 0.1) is 12.8 Å². The molecule has 166 valence electrons. The van der Waals surface area contributed by atoms with Crippen molar-refractivity contribution in [2.45, 2.75) is 33.7 Å². The third-order valence-electron chi connectivity index (χ3n) is 4.29. The van der Waals surface area contributed by atoms with Gasteiger partial charge in [0.15, 0.2) is 11.7 Å². The van der Waals surface area contributed by atoms with E-state index in [0.29, 0.717) is 43.9 Å². The van der Waals surface area contributed by atoms with E-state index in [2.05, 4.69) is 59.9 Å². The predicted molar refractivity (Wildman–Crippen MR) is 131 cm³/mol. The van der Waals surface area contributed by atoms with Crippen LogP contribution in [0.4, 0.5) is 0 Å². The minimum atomic E-state index is -0.234. The summed E-state index contributed by atoms with van der Waals surface area (Å²) in [5.41, 5.74) is 2.25. The third kappa shape index (κ3) is 9.06. The van der Waals surface area contributed by atoms with E-state index in [9.17, 15) is 4.79 Å². The van der Waals surface area contributed by atoms with Crippen LogP contribution < -0.4 is 20.7 Å². The number of rotatable bonds is 10. The average molecular weight is 528 g/mol. The molecule has 0 aliphatic rings. The molecule has 2 aromatic rings. The lowest BCUT2D eigenvalue weighted by atomic mass is 10.1. The van der Waals surface area contributed by atoms with Gasteiger partial charge in [-0.25, -0.2) is 0 Å². The van der Waals surface area contributed by atoms with Crippen LogP contribution >= 0.6 is 24.0 Å². The fourth-order valence-electron chi connectivity index (χ4n) is 2.60. The summed E-state index contributed by atoms with van der Waals surface area (Å²) in [4.78, 5) is 16.1. The first-order valence-corrected chi connectivity index (χ1v) is 9.98. The van der Waals surface area contributed by atoms with Crippen LogP contribution in [0.15, 0.2) is 46.0 Å². The lowest BCUT2D eigenvalue weighted by Crippen LogP contribution is -2.41. The van der Waals surface area contributed by atoms with Gasteiger partial charge in [0.2, 0.25) is 0 Å². The van der Waals surface area contributed by atoms with E-state index in [1.165, 1.54) is 11.8 Å². The first-order chi connectivity index (χ1) is 14.0. The van der Waals surface area contributed by atoms with E-state index < -0.39 is 0 Å². The van der Waals surface area contributed by atoms with Gasteiger partial charge in [-0.1, -0.05) is 26.0 Å². The van der Waals surface area contributed by atoms with Crippen molar-refractivity contribution >= 4 is 35.8 Å². The van der Waals surface area contributed by atoms with Crippen LogP contribution in [0.5, 0.6) is 5.75 Å². The number of ether oxygens (including phenoxy) is 1. The van der Waals surface area contributed by atoms with Crippen molar-refractivity contribution in [1.82, 2.24) is 16.0 Å². The topological polar surface area (TPSA) is 87.9 Å². The number of amides is 1. The molecule has 8 heteroatoms. The smallest absolute Gasteiger partial charge is 0.287 e. The Bertz CT molecular complexity index is 792. The zero-order valence-corrected chi connectivity index (χ0v) is 20.5. The van der Waals surface area contributed by atoms with E-state index in [-0.39, 0.29) is 29.9 Å². The molecule has 0 saturated heterocycles. The summed E-state index contributed by atoms with van der Waals surface area (Å²) < 4.78 is 11.1. The number of nitrogens with one attached hydrogen (secondary N) is 3. The van der Waals surface area contributed by atoms with E-state index in [4.69, 9.17) is 9.15 Å². The normalized spacial score (nSPS) is 11.0. The molecule has 30 heavy (non-hydrogen) atoms. The molecular formula is C22H33IN4O3. The predicted octanol–water partition coefficient (Wildman–Crippen LogP) is 3.73. The number of hydrogen-bond acceptors (Lipinski definition) is 4. The zero-order valence-electron chi connectivity index (χ0n) is 18.2. The first kappa shape index (κ1) is 25.8. The van der Waals surface area contributed by atoms with Gasteiger partial charge < -0.3 is 25.1 Å². The van der Waals surface area contributed by atoms with Gasteiger partial charge in [0.05, 0.1) is 12.9 Å². The molecule has 0 fully saturated rings. The number of furan rings is 1. The monoisotopic (exact) mass is 528 g/mol. The SMILES string of the molecule is CN=C(NCCNC(=O)c1ccco1)NCc1ccc(C)cc1OCCC(C)C.I. The van der Waals surface area contributed by atoms with Crippen LogP contribution in [0.3, 0.4) is 0 Å². The Hall–Kier alpha value is -2.23. The van der Waals surface area contributed by atoms with Gasteiger partial charge in [-0.3, -0.25) is 9.79 Å². The van der Waals surface area contributed by atoms with E-state index in [1.54, 1.807) is 19.2 Å². The number of hydrogen-bond donors (Lipinski definition) is 3. The number of carbonyl (C=O) groups is 1. The van der Waals surface area contributed by atoms with Crippen molar-refractivity contribution in [2.75, 3.05) is 26.7 Å². The Morgan fingerprint density at radius 1 is 1.17 bits per heavy atom. The highest BCUT2D eigenvalue weighted by Gasteiger charge is 2.08. The molecule has 0 atom stereocenters. The molecule has 3 N–H and O–H groups in total. The lowest BCUT2D eigenvalue weighted by Gasteiger charge is -2.16. The highest BCUT2D eigenvalue weighted by Crippen LogP contribution is 2.21. The van der Waals surface area contributed by atoms with Gasteiger partial charge in [0, 0.05) is 32.2 Å². The van der Waals surface area contributed by atoms with Crippen LogP contribution in [0.25, 0.3) is 0 Å². The van der Waals surface area contributed by atoms with Crippen molar-refractivity contribution < 1.29 is 13.9 Å². The maximum absolute atomic E-state index is 11.8. The second-order valence-corrected chi connectivity index (χ2v) is 7.23. The van der Waals surface area contributed by atoms with Crippen LogP contribution in [0.1, 0.15) is 41.9 Å². The molecule has 0 radical (unpaired) electrons. The molecule has 2 rings (SSSR count). The van der Waals surface area contributed by atoms with Gasteiger partial charge in [0.25, 0.3) is 5.91 Å². The number of benzene rings is 1. The van der Waals surface area contributed by atoms with Crippen molar-refractivity contribution in [3.8, 4) is 5.75 Å². The van der Waals surface area contributed by atoms with Gasteiger partial charge in [0.1, 0.15) is 5.75 Å². The fourth-order valence-corrected chi connectivity index (χ4v) is 2.60. The number of guanidine groups is 1. The maximum Gasteiger partial charge on any atom is 0.287 e. The van der Waals surface area contributed by atoms with Gasteiger partial charge in [-0.05, 0) is 43.0 Å². The average Bonchev–Trinajstić information content (AvgIpc) is 3.23. The largest absolute Gasteiger partial charge is 0.493 e. The number of carbonyl (C=O) groups excluding carboxylic acids is 1. The molecular weight excluding hydrogens is 495 g/mol. The van der Waals surface area contributed by atoms with Crippen molar-refractivity contribution in [1.29, 1.82) is 0 Å². The van der Waals surface area contributed by atoms with Gasteiger partial charge in [-0.2, -0.15) is 0 Å². The number of nitrogens with zero attached hydrogens (tertiary/aromatic N) is 1. The Morgan fingerprint density at radius 2 is 1.93 bits per heavy atom. The number of aryl methyl sites for hydroxylation is 1. The van der Waals surface area contributed by atoms with Crippen molar-refractivity contribution in [3.05, 3.63) is 53.5 Å². The van der Waals surface area contributed by atoms with E-state index in [0.717, 1.165) is 17.7 Å². The minimum Gasteiger partial charge on any atom is -0.493 e. The standard InChI is InChI=1S/C22H32N4O3.HI/c1-16(2)9-13-29-20-14-17(3)7-8-18(20)15-26-22(23-4)25-11-10-24-21(27)19-6-5-12-28-19;/h5-8,12,14,16H,9-11,13,15H2,1-4H3,(H,24,27)(H2,23,25,26);1H. The molecule has 7 nitrogen and oxygen atoms in total. The Balaban J connectivity index is 0.00000450. The fraction of sp³-hybridized carbons (Fsp3) is 0.455. The molecule has 1 heterocycles. The quantitative estimate of drug-likeness (QED) is 0.189. The molecule has 0 saturated carbocycles. The summed E-state index contributed by atoms with van der Waals surface area (Å²) >= 11 is 0. The highest BCUT2D eigenvalue weighted by atomic mass is 127.